The van der Waals surface area contributed by atoms with Crippen molar-refractivity contribution < 1.29 is 31.9 Å². The Morgan fingerprint density at radius 2 is 2.11 bits per heavy atom. The van der Waals surface area contributed by atoms with Crippen LogP contribution < -0.4 is 9.62 Å². The number of nitrogens with zero attached hydrogens (tertiary/aromatic N) is 6. The molecule has 36 heavy (non-hydrogen) atoms. The quantitative estimate of drug-likeness (QED) is 0.233. The van der Waals surface area contributed by atoms with Crippen LogP contribution in [0.5, 0.6) is 0 Å². The predicted octanol–water partition coefficient (Wildman–Crippen LogP) is 3.57. The molecule has 3 rings (SSSR count). The molecule has 3 atom stereocenters. The van der Waals surface area contributed by atoms with E-state index in [1.807, 2.05) is 0 Å². The SMILES string of the molecule is CCOC(=O)N1CC(CN=[N+]=[N-])C(N(c2cn(C)c(C(=O)Nc3ccc(F)c(C)c3)c2F)S(=O)O)C1. The number of likely N-dealkylation sites (tertiary alicyclic amines) is 1. The first-order chi connectivity index (χ1) is 17.1. The summed E-state index contributed by atoms with van der Waals surface area (Å²) in [6.45, 7) is 3.04. The van der Waals surface area contributed by atoms with Gasteiger partial charge >= 0.3 is 6.09 Å². The first-order valence-electron chi connectivity index (χ1n) is 10.8. The molecule has 194 valence electrons. The predicted molar refractivity (Wildman–Crippen MR) is 128 cm³/mol. The third-order valence-corrected chi connectivity index (χ3v) is 6.56. The highest BCUT2D eigenvalue weighted by molar-refractivity contribution is 7.80. The summed E-state index contributed by atoms with van der Waals surface area (Å²) in [7, 11) is 1.38. The summed E-state index contributed by atoms with van der Waals surface area (Å²) in [6.07, 6.45) is 0.504. The number of rotatable bonds is 8. The highest BCUT2D eigenvalue weighted by Crippen LogP contribution is 2.33. The van der Waals surface area contributed by atoms with Crippen molar-refractivity contribution in [1.82, 2.24) is 9.47 Å². The fourth-order valence-corrected chi connectivity index (χ4v) is 4.86. The lowest BCUT2D eigenvalue weighted by molar-refractivity contribution is 0.101. The van der Waals surface area contributed by atoms with E-state index in [4.69, 9.17) is 10.3 Å². The molecule has 1 fully saturated rings. The number of aryl methyl sites for hydroxylation is 2. The van der Waals surface area contributed by atoms with E-state index in [1.165, 1.54) is 37.2 Å². The first kappa shape index (κ1) is 26.9. The molecule has 1 aliphatic heterocycles. The van der Waals surface area contributed by atoms with Crippen LogP contribution in [-0.2, 0) is 23.1 Å². The van der Waals surface area contributed by atoms with E-state index in [2.05, 4.69) is 15.3 Å². The zero-order valence-corrected chi connectivity index (χ0v) is 20.5. The van der Waals surface area contributed by atoms with Crippen molar-refractivity contribution in [3.05, 3.63) is 57.7 Å². The van der Waals surface area contributed by atoms with E-state index in [0.717, 1.165) is 14.9 Å². The van der Waals surface area contributed by atoms with Crippen molar-refractivity contribution in [3.63, 3.8) is 0 Å². The van der Waals surface area contributed by atoms with Gasteiger partial charge in [-0.05, 0) is 43.1 Å². The molecular weight excluding hydrogens is 500 g/mol. The van der Waals surface area contributed by atoms with Crippen LogP contribution in [-0.4, -0.2) is 62.5 Å². The van der Waals surface area contributed by atoms with Gasteiger partial charge in [-0.3, -0.25) is 13.7 Å². The van der Waals surface area contributed by atoms with E-state index < -0.39 is 52.6 Å². The molecule has 0 spiro atoms. The van der Waals surface area contributed by atoms with E-state index in [0.29, 0.717) is 0 Å². The number of anilines is 2. The van der Waals surface area contributed by atoms with Gasteiger partial charge in [-0.2, -0.15) is 0 Å². The zero-order valence-electron chi connectivity index (χ0n) is 19.7. The summed E-state index contributed by atoms with van der Waals surface area (Å²) in [4.78, 5) is 29.1. The number of benzene rings is 1. The lowest BCUT2D eigenvalue weighted by Crippen LogP contribution is -2.43. The molecule has 12 nitrogen and oxygen atoms in total. The Hall–Kier alpha value is -3.68. The van der Waals surface area contributed by atoms with Gasteiger partial charge in [0, 0.05) is 49.4 Å². The van der Waals surface area contributed by atoms with Crippen LogP contribution in [0.3, 0.4) is 0 Å². The average Bonchev–Trinajstić information content (AvgIpc) is 3.35. The highest BCUT2D eigenvalue weighted by Gasteiger charge is 2.43. The van der Waals surface area contributed by atoms with Crippen molar-refractivity contribution in [2.24, 2.45) is 18.1 Å². The van der Waals surface area contributed by atoms with E-state index >= 15 is 4.39 Å². The number of carbonyl (C=O) groups excluding carboxylic acids is 2. The van der Waals surface area contributed by atoms with Crippen molar-refractivity contribution in [3.8, 4) is 0 Å². The number of nitrogens with one attached hydrogen (secondary N) is 1. The summed E-state index contributed by atoms with van der Waals surface area (Å²) in [5.41, 5.74) is 8.45. The molecule has 1 aromatic carbocycles. The van der Waals surface area contributed by atoms with Gasteiger partial charge in [-0.1, -0.05) is 5.11 Å². The van der Waals surface area contributed by atoms with Crippen molar-refractivity contribution in [2.75, 3.05) is 35.9 Å². The standard InChI is InChI=1S/C21H25F2N7O5S/c1-4-35-21(32)29-9-13(8-25-27-24)16(11-29)30(36(33)34)17-10-28(3)19(18(17)23)20(31)26-14-5-6-15(22)12(2)7-14/h5-7,10,13,16H,4,8-9,11H2,1-3H3,(H,26,31)(H,33,34). The number of hydrogen-bond acceptors (Lipinski definition) is 5. The van der Waals surface area contributed by atoms with Crippen molar-refractivity contribution in [2.45, 2.75) is 19.9 Å². The first-order valence-corrected chi connectivity index (χ1v) is 11.9. The molecular formula is C21H25F2N7O5S. The minimum Gasteiger partial charge on any atom is -0.450 e. The number of aromatic nitrogens is 1. The van der Waals surface area contributed by atoms with Gasteiger partial charge in [-0.15, -0.1) is 0 Å². The molecule has 3 unspecified atom stereocenters. The van der Waals surface area contributed by atoms with Crippen LogP contribution in [0.2, 0.25) is 0 Å². The Balaban J connectivity index is 1.95. The van der Waals surface area contributed by atoms with Crippen molar-refractivity contribution in [1.29, 1.82) is 0 Å². The van der Waals surface area contributed by atoms with Crippen LogP contribution in [0.4, 0.5) is 25.0 Å². The Morgan fingerprint density at radius 1 is 1.39 bits per heavy atom. The number of hydrogen-bond donors (Lipinski definition) is 2. The van der Waals surface area contributed by atoms with Crippen LogP contribution in [0, 0.1) is 24.5 Å². The molecule has 2 N–H and O–H groups in total. The number of carbonyl (C=O) groups is 2. The molecule has 0 aliphatic carbocycles. The molecule has 1 aliphatic rings. The maximum absolute atomic E-state index is 15.6. The van der Waals surface area contributed by atoms with Crippen LogP contribution in [0.25, 0.3) is 10.4 Å². The van der Waals surface area contributed by atoms with E-state index in [9.17, 15) is 22.7 Å². The van der Waals surface area contributed by atoms with Crippen LogP contribution in [0.15, 0.2) is 29.5 Å². The number of halogens is 2. The fourth-order valence-electron chi connectivity index (χ4n) is 4.09. The Morgan fingerprint density at radius 3 is 2.72 bits per heavy atom. The minimum absolute atomic E-state index is 0.0436. The molecule has 15 heteroatoms. The second-order valence-corrected chi connectivity index (χ2v) is 8.96. The molecule has 1 saturated heterocycles. The summed E-state index contributed by atoms with van der Waals surface area (Å²) in [5, 5.41) is 6.00. The van der Waals surface area contributed by atoms with Gasteiger partial charge in [0.25, 0.3) is 17.2 Å². The smallest absolute Gasteiger partial charge is 0.409 e. The second kappa shape index (κ2) is 11.4. The highest BCUT2D eigenvalue weighted by atomic mass is 32.2. The Kier molecular flexibility index (Phi) is 8.50. The molecule has 2 heterocycles. The third kappa shape index (κ3) is 5.58. The van der Waals surface area contributed by atoms with Gasteiger partial charge in [0.05, 0.1) is 12.6 Å². The van der Waals surface area contributed by atoms with Gasteiger partial charge in [0.15, 0.2) is 5.82 Å². The molecule has 1 aromatic heterocycles. The molecule has 0 radical (unpaired) electrons. The summed E-state index contributed by atoms with van der Waals surface area (Å²) in [5.74, 6) is -3.03. The second-order valence-electron chi connectivity index (χ2n) is 8.11. The summed E-state index contributed by atoms with van der Waals surface area (Å²) in [6, 6.07) is 2.93. The molecule has 0 saturated carbocycles. The summed E-state index contributed by atoms with van der Waals surface area (Å²) >= 11 is -2.77. The van der Waals surface area contributed by atoms with E-state index in [1.54, 1.807) is 6.92 Å². The zero-order chi connectivity index (χ0) is 26.6. The monoisotopic (exact) mass is 525 g/mol. The average molecular weight is 526 g/mol. The number of azide groups is 1. The maximum atomic E-state index is 15.6. The van der Waals surface area contributed by atoms with Crippen LogP contribution >= 0.6 is 0 Å². The topological polar surface area (TPSA) is 153 Å². The minimum atomic E-state index is -2.77. The van der Waals surface area contributed by atoms with E-state index in [-0.39, 0.29) is 43.2 Å². The Bertz CT molecular complexity index is 1230. The number of amides is 2. The fraction of sp³-hybridized carbons (Fsp3) is 0.429. The molecule has 0 bridgehead atoms. The largest absolute Gasteiger partial charge is 0.450 e. The lowest BCUT2D eigenvalue weighted by Gasteiger charge is -2.29. The van der Waals surface area contributed by atoms with Gasteiger partial charge in [0.1, 0.15) is 17.2 Å². The summed E-state index contributed by atoms with van der Waals surface area (Å²) < 4.78 is 58.6. The van der Waals surface area contributed by atoms with Gasteiger partial charge in [-0.25, -0.2) is 17.8 Å². The lowest BCUT2D eigenvalue weighted by atomic mass is 10.0. The normalized spacial score (nSPS) is 17.9. The molecule has 2 aromatic rings. The van der Waals surface area contributed by atoms with Gasteiger partial charge < -0.3 is 19.5 Å². The van der Waals surface area contributed by atoms with Crippen molar-refractivity contribution >= 4 is 34.6 Å². The maximum Gasteiger partial charge on any atom is 0.409 e. The van der Waals surface area contributed by atoms with Gasteiger partial charge in [0.2, 0.25) is 0 Å². The molecule has 2 amide bonds. The number of ether oxygens (including phenoxy) is 1. The third-order valence-electron chi connectivity index (χ3n) is 5.75. The Labute approximate surface area is 207 Å². The van der Waals surface area contributed by atoms with Crippen LogP contribution in [0.1, 0.15) is 23.0 Å².